The van der Waals surface area contributed by atoms with Crippen LogP contribution in [0.5, 0.6) is 0 Å². The molecule has 1 aliphatic heterocycles. The molecule has 3 nitrogen and oxygen atoms in total. The Bertz CT molecular complexity index is 152. The molecule has 0 amide bonds. The number of aliphatic hydroxyl groups is 1. The van der Waals surface area contributed by atoms with Crippen LogP contribution in [0, 0.1) is 0 Å². The van der Waals surface area contributed by atoms with Crippen molar-refractivity contribution in [2.75, 3.05) is 33.3 Å². The summed E-state index contributed by atoms with van der Waals surface area (Å²) in [6.45, 7) is 8.03. The zero-order chi connectivity index (χ0) is 9.84. The average Bonchev–Trinajstić information content (AvgIpc) is 2.25. The van der Waals surface area contributed by atoms with Gasteiger partial charge in [-0.2, -0.15) is 0 Å². The van der Waals surface area contributed by atoms with Crippen molar-refractivity contribution in [1.82, 2.24) is 9.80 Å². The normalized spacial score (nSPS) is 30.0. The minimum Gasteiger partial charge on any atom is -0.395 e. The topological polar surface area (TPSA) is 26.7 Å². The molecule has 0 bridgehead atoms. The Balaban J connectivity index is 2.52. The predicted molar refractivity (Wildman–Crippen MR) is 54.8 cm³/mol. The van der Waals surface area contributed by atoms with Gasteiger partial charge in [-0.05, 0) is 33.9 Å². The van der Waals surface area contributed by atoms with Gasteiger partial charge in [-0.1, -0.05) is 0 Å². The summed E-state index contributed by atoms with van der Waals surface area (Å²) in [6, 6.07) is 0.871. The lowest BCUT2D eigenvalue weighted by Gasteiger charge is -2.32. The number of nitrogens with zero attached hydrogens (tertiary/aromatic N) is 2. The number of aliphatic hydroxyl groups excluding tert-OH is 1. The Hall–Kier alpha value is -0.120. The standard InChI is InChI=1S/C10H22N2O/c1-9-7-11(3)5-4-6-12(9)10(2)8-13/h9-10,13H,4-8H2,1-3H3. The summed E-state index contributed by atoms with van der Waals surface area (Å²) in [4.78, 5) is 4.78. The number of hydrogen-bond acceptors (Lipinski definition) is 3. The highest BCUT2D eigenvalue weighted by Gasteiger charge is 2.22. The monoisotopic (exact) mass is 186 g/mol. The lowest BCUT2D eigenvalue weighted by molar-refractivity contribution is 0.101. The van der Waals surface area contributed by atoms with Crippen molar-refractivity contribution in [3.8, 4) is 0 Å². The van der Waals surface area contributed by atoms with Crippen LogP contribution < -0.4 is 0 Å². The van der Waals surface area contributed by atoms with Crippen LogP contribution in [0.4, 0.5) is 0 Å². The third-order valence-electron chi connectivity index (χ3n) is 2.93. The van der Waals surface area contributed by atoms with Gasteiger partial charge in [0, 0.05) is 25.2 Å². The molecule has 1 saturated heterocycles. The molecule has 0 saturated carbocycles. The Morgan fingerprint density at radius 1 is 1.46 bits per heavy atom. The third-order valence-corrected chi connectivity index (χ3v) is 2.93. The molecular formula is C10H22N2O. The highest BCUT2D eigenvalue weighted by Crippen LogP contribution is 2.11. The predicted octanol–water partition coefficient (Wildman–Crippen LogP) is 0.393. The van der Waals surface area contributed by atoms with Crippen LogP contribution in [-0.2, 0) is 0 Å². The maximum Gasteiger partial charge on any atom is 0.0584 e. The Kier molecular flexibility index (Phi) is 4.16. The van der Waals surface area contributed by atoms with Crippen LogP contribution in [0.1, 0.15) is 20.3 Å². The molecule has 0 aliphatic carbocycles. The summed E-state index contributed by atoms with van der Waals surface area (Å²) in [7, 11) is 2.17. The van der Waals surface area contributed by atoms with Gasteiger partial charge in [0.05, 0.1) is 6.61 Å². The van der Waals surface area contributed by atoms with Gasteiger partial charge in [0.2, 0.25) is 0 Å². The summed E-state index contributed by atoms with van der Waals surface area (Å²) in [6.07, 6.45) is 1.21. The highest BCUT2D eigenvalue weighted by atomic mass is 16.3. The van der Waals surface area contributed by atoms with E-state index in [0.717, 1.165) is 13.1 Å². The molecule has 0 aromatic rings. The number of likely N-dealkylation sites (N-methyl/N-ethyl adjacent to an activating group) is 1. The van der Waals surface area contributed by atoms with E-state index in [-0.39, 0.29) is 6.61 Å². The molecule has 0 spiro atoms. The molecular weight excluding hydrogens is 164 g/mol. The molecule has 3 heteroatoms. The van der Waals surface area contributed by atoms with Crippen molar-refractivity contribution in [3.05, 3.63) is 0 Å². The van der Waals surface area contributed by atoms with Gasteiger partial charge < -0.3 is 10.0 Å². The fourth-order valence-electron chi connectivity index (χ4n) is 2.15. The Morgan fingerprint density at radius 2 is 2.15 bits per heavy atom. The largest absolute Gasteiger partial charge is 0.395 e. The van der Waals surface area contributed by atoms with E-state index in [1.165, 1.54) is 13.0 Å². The van der Waals surface area contributed by atoms with Gasteiger partial charge >= 0.3 is 0 Å². The fraction of sp³-hybridized carbons (Fsp3) is 1.00. The van der Waals surface area contributed by atoms with Crippen molar-refractivity contribution in [2.45, 2.75) is 32.4 Å². The maximum absolute atomic E-state index is 9.11. The second kappa shape index (κ2) is 4.94. The van der Waals surface area contributed by atoms with Crippen LogP contribution in [0.2, 0.25) is 0 Å². The lowest BCUT2D eigenvalue weighted by Crippen LogP contribution is -2.44. The van der Waals surface area contributed by atoms with Crippen molar-refractivity contribution >= 4 is 0 Å². The molecule has 1 N–H and O–H groups in total. The van der Waals surface area contributed by atoms with E-state index in [0.29, 0.717) is 12.1 Å². The first-order valence-corrected chi connectivity index (χ1v) is 5.20. The molecule has 1 rings (SSSR count). The van der Waals surface area contributed by atoms with Crippen LogP contribution >= 0.6 is 0 Å². The molecule has 13 heavy (non-hydrogen) atoms. The summed E-state index contributed by atoms with van der Waals surface area (Å²) in [5, 5.41) is 9.11. The van der Waals surface area contributed by atoms with Crippen LogP contribution in [-0.4, -0.2) is 60.3 Å². The first-order chi connectivity index (χ1) is 6.15. The summed E-state index contributed by atoms with van der Waals surface area (Å²) in [5.41, 5.74) is 0. The van der Waals surface area contributed by atoms with Crippen LogP contribution in [0.3, 0.4) is 0 Å². The Morgan fingerprint density at radius 3 is 2.77 bits per heavy atom. The summed E-state index contributed by atoms with van der Waals surface area (Å²) < 4.78 is 0. The van der Waals surface area contributed by atoms with Gasteiger partial charge in [0.1, 0.15) is 0 Å². The molecule has 2 unspecified atom stereocenters. The number of hydrogen-bond donors (Lipinski definition) is 1. The second-order valence-corrected chi connectivity index (χ2v) is 4.23. The molecule has 0 radical (unpaired) electrons. The van der Waals surface area contributed by atoms with Crippen molar-refractivity contribution < 1.29 is 5.11 Å². The van der Waals surface area contributed by atoms with E-state index in [9.17, 15) is 0 Å². The van der Waals surface area contributed by atoms with Crippen LogP contribution in [0.25, 0.3) is 0 Å². The SMILES string of the molecule is CC(CO)N1CCCN(C)CC1C. The summed E-state index contributed by atoms with van der Waals surface area (Å²) >= 11 is 0. The third kappa shape index (κ3) is 2.93. The van der Waals surface area contributed by atoms with Gasteiger partial charge in [-0.15, -0.1) is 0 Å². The van der Waals surface area contributed by atoms with Gasteiger partial charge in [-0.25, -0.2) is 0 Å². The molecule has 1 aliphatic rings. The minimum atomic E-state index is 0.272. The van der Waals surface area contributed by atoms with E-state index < -0.39 is 0 Å². The van der Waals surface area contributed by atoms with E-state index in [1.807, 2.05) is 0 Å². The molecule has 2 atom stereocenters. The zero-order valence-electron chi connectivity index (χ0n) is 9.03. The molecule has 78 valence electrons. The van der Waals surface area contributed by atoms with Gasteiger partial charge in [0.25, 0.3) is 0 Å². The van der Waals surface area contributed by atoms with E-state index in [1.54, 1.807) is 0 Å². The maximum atomic E-state index is 9.11. The molecule has 1 heterocycles. The molecule has 1 fully saturated rings. The van der Waals surface area contributed by atoms with Gasteiger partial charge in [-0.3, -0.25) is 4.90 Å². The van der Waals surface area contributed by atoms with E-state index >= 15 is 0 Å². The lowest BCUT2D eigenvalue weighted by atomic mass is 10.2. The van der Waals surface area contributed by atoms with Crippen molar-refractivity contribution in [1.29, 1.82) is 0 Å². The quantitative estimate of drug-likeness (QED) is 0.676. The molecule has 0 aromatic heterocycles. The zero-order valence-corrected chi connectivity index (χ0v) is 9.03. The minimum absolute atomic E-state index is 0.272. The Labute approximate surface area is 81.3 Å². The second-order valence-electron chi connectivity index (χ2n) is 4.23. The summed E-state index contributed by atoms with van der Waals surface area (Å²) in [5.74, 6) is 0. The van der Waals surface area contributed by atoms with Crippen molar-refractivity contribution in [2.24, 2.45) is 0 Å². The average molecular weight is 186 g/mol. The highest BCUT2D eigenvalue weighted by molar-refractivity contribution is 4.78. The van der Waals surface area contributed by atoms with Crippen LogP contribution in [0.15, 0.2) is 0 Å². The van der Waals surface area contributed by atoms with E-state index in [2.05, 4.69) is 30.7 Å². The van der Waals surface area contributed by atoms with E-state index in [4.69, 9.17) is 5.11 Å². The number of rotatable bonds is 2. The van der Waals surface area contributed by atoms with Crippen molar-refractivity contribution in [3.63, 3.8) is 0 Å². The first kappa shape index (κ1) is 11.0. The molecule has 0 aromatic carbocycles. The first-order valence-electron chi connectivity index (χ1n) is 5.20. The van der Waals surface area contributed by atoms with Gasteiger partial charge in [0.15, 0.2) is 0 Å². The fourth-order valence-corrected chi connectivity index (χ4v) is 2.15. The smallest absolute Gasteiger partial charge is 0.0584 e.